The van der Waals surface area contributed by atoms with E-state index in [1.807, 2.05) is 60.7 Å². The lowest BCUT2D eigenvalue weighted by atomic mass is 9.97. The standard InChI is InChI=1S/C29H21N3O4/c33-17-22-14-21(10-11-26(22)34)28(35)31-16-18-6-8-20(9-7-18)27-23(19-4-2-1-3-5-19)15-24-25(32-27)12-13-30-29(24)36/h1-15,17,34H,16H2,(H,30,36)(H,31,35). The molecule has 1 amide bonds. The van der Waals surface area contributed by atoms with Crippen LogP contribution in [0, 0.1) is 0 Å². The summed E-state index contributed by atoms with van der Waals surface area (Å²) < 4.78 is 0. The molecule has 0 aliphatic carbocycles. The Morgan fingerprint density at radius 3 is 2.47 bits per heavy atom. The van der Waals surface area contributed by atoms with E-state index >= 15 is 0 Å². The molecular formula is C29H21N3O4. The zero-order valence-corrected chi connectivity index (χ0v) is 19.1. The fourth-order valence-corrected chi connectivity index (χ4v) is 4.02. The van der Waals surface area contributed by atoms with E-state index in [9.17, 15) is 19.5 Å². The van der Waals surface area contributed by atoms with Gasteiger partial charge in [-0.05, 0) is 41.5 Å². The van der Waals surface area contributed by atoms with Crippen LogP contribution >= 0.6 is 0 Å². The molecule has 176 valence electrons. The largest absolute Gasteiger partial charge is 0.507 e. The molecule has 2 aromatic heterocycles. The van der Waals surface area contributed by atoms with Crippen LogP contribution in [0.2, 0.25) is 0 Å². The van der Waals surface area contributed by atoms with Crippen LogP contribution in [-0.4, -0.2) is 27.3 Å². The molecule has 0 radical (unpaired) electrons. The Kier molecular flexibility index (Phi) is 6.11. The summed E-state index contributed by atoms with van der Waals surface area (Å²) in [6.07, 6.45) is 2.09. The Bertz CT molecular complexity index is 1640. The molecule has 3 N–H and O–H groups in total. The normalized spacial score (nSPS) is 10.8. The Morgan fingerprint density at radius 1 is 0.944 bits per heavy atom. The smallest absolute Gasteiger partial charge is 0.257 e. The number of carbonyl (C=O) groups excluding carboxylic acids is 2. The summed E-state index contributed by atoms with van der Waals surface area (Å²) in [4.78, 5) is 43.4. The number of fused-ring (bicyclic) bond motifs is 1. The summed E-state index contributed by atoms with van der Waals surface area (Å²) in [7, 11) is 0. The number of aldehydes is 1. The van der Waals surface area contributed by atoms with Crippen LogP contribution in [0.1, 0.15) is 26.3 Å². The molecular weight excluding hydrogens is 454 g/mol. The third-order valence-corrected chi connectivity index (χ3v) is 5.93. The molecule has 7 nitrogen and oxygen atoms in total. The minimum Gasteiger partial charge on any atom is -0.507 e. The highest BCUT2D eigenvalue weighted by atomic mass is 16.3. The number of phenols is 1. The molecule has 0 aliphatic heterocycles. The first-order valence-corrected chi connectivity index (χ1v) is 11.3. The average Bonchev–Trinajstić information content (AvgIpc) is 2.92. The number of aromatic nitrogens is 2. The fraction of sp³-hybridized carbons (Fsp3) is 0.0345. The second-order valence-electron chi connectivity index (χ2n) is 8.26. The predicted octanol–water partition coefficient (Wildman–Crippen LogP) is 4.71. The van der Waals surface area contributed by atoms with Gasteiger partial charge in [0, 0.05) is 29.4 Å². The van der Waals surface area contributed by atoms with E-state index in [4.69, 9.17) is 4.98 Å². The second kappa shape index (κ2) is 9.68. The molecule has 0 atom stereocenters. The molecule has 0 aliphatic rings. The van der Waals surface area contributed by atoms with Crippen molar-refractivity contribution in [2.45, 2.75) is 6.54 Å². The molecule has 5 rings (SSSR count). The van der Waals surface area contributed by atoms with Crippen LogP contribution in [0.5, 0.6) is 5.75 Å². The van der Waals surface area contributed by atoms with Gasteiger partial charge in [-0.1, -0.05) is 54.6 Å². The van der Waals surface area contributed by atoms with E-state index in [1.54, 1.807) is 12.3 Å². The van der Waals surface area contributed by atoms with Crippen molar-refractivity contribution < 1.29 is 14.7 Å². The minimum absolute atomic E-state index is 0.0612. The highest BCUT2D eigenvalue weighted by molar-refractivity contribution is 5.96. The molecule has 0 fully saturated rings. The Hall–Kier alpha value is -5.04. The molecule has 2 heterocycles. The van der Waals surface area contributed by atoms with Gasteiger partial charge in [-0.2, -0.15) is 0 Å². The first kappa shape index (κ1) is 22.7. The highest BCUT2D eigenvalue weighted by Gasteiger charge is 2.14. The molecule has 3 aromatic carbocycles. The SMILES string of the molecule is O=Cc1cc(C(=O)NCc2ccc(-c3nc4cc[nH]c(=O)c4cc3-c3ccccc3)cc2)ccc1O. The van der Waals surface area contributed by atoms with Crippen molar-refractivity contribution in [2.24, 2.45) is 0 Å². The van der Waals surface area contributed by atoms with Gasteiger partial charge in [-0.15, -0.1) is 0 Å². The molecule has 0 unspecified atom stereocenters. The number of aromatic amines is 1. The van der Waals surface area contributed by atoms with Crippen molar-refractivity contribution in [3.63, 3.8) is 0 Å². The highest BCUT2D eigenvalue weighted by Crippen LogP contribution is 2.32. The molecule has 36 heavy (non-hydrogen) atoms. The summed E-state index contributed by atoms with van der Waals surface area (Å²) >= 11 is 0. The van der Waals surface area contributed by atoms with E-state index in [1.165, 1.54) is 18.2 Å². The number of phenolic OH excluding ortho intramolecular Hbond substituents is 1. The summed E-state index contributed by atoms with van der Waals surface area (Å²) in [5, 5.41) is 13.0. The van der Waals surface area contributed by atoms with Crippen molar-refractivity contribution in [2.75, 3.05) is 0 Å². The fourth-order valence-electron chi connectivity index (χ4n) is 4.02. The molecule has 0 saturated heterocycles. The van der Waals surface area contributed by atoms with Gasteiger partial charge in [0.25, 0.3) is 11.5 Å². The molecule has 7 heteroatoms. The third kappa shape index (κ3) is 4.50. The van der Waals surface area contributed by atoms with Gasteiger partial charge >= 0.3 is 0 Å². The molecule has 5 aromatic rings. The van der Waals surface area contributed by atoms with Gasteiger partial charge in [0.05, 0.1) is 22.2 Å². The van der Waals surface area contributed by atoms with Crippen LogP contribution in [0.25, 0.3) is 33.3 Å². The Morgan fingerprint density at radius 2 is 1.72 bits per heavy atom. The average molecular weight is 476 g/mol. The van der Waals surface area contributed by atoms with Gasteiger partial charge in [0.2, 0.25) is 0 Å². The van der Waals surface area contributed by atoms with E-state index in [-0.39, 0.29) is 34.9 Å². The first-order valence-electron chi connectivity index (χ1n) is 11.3. The number of benzene rings is 3. The number of pyridine rings is 2. The van der Waals surface area contributed by atoms with Crippen LogP contribution in [0.15, 0.2) is 95.9 Å². The summed E-state index contributed by atoms with van der Waals surface area (Å²) in [6, 6.07) is 25.2. The number of amides is 1. The van der Waals surface area contributed by atoms with Crippen LogP contribution < -0.4 is 10.9 Å². The van der Waals surface area contributed by atoms with Gasteiger partial charge < -0.3 is 15.4 Å². The number of nitrogens with zero attached hydrogens (tertiary/aromatic N) is 1. The van der Waals surface area contributed by atoms with E-state index in [2.05, 4.69) is 10.3 Å². The molecule has 0 spiro atoms. The van der Waals surface area contributed by atoms with Gasteiger partial charge in [0.15, 0.2) is 6.29 Å². The Labute approximate surface area is 206 Å². The lowest BCUT2D eigenvalue weighted by molar-refractivity contribution is 0.0951. The minimum atomic E-state index is -0.352. The number of hydrogen-bond acceptors (Lipinski definition) is 5. The van der Waals surface area contributed by atoms with Crippen molar-refractivity contribution in [3.05, 3.63) is 118 Å². The number of aromatic hydroxyl groups is 1. The molecule has 0 bridgehead atoms. The van der Waals surface area contributed by atoms with Crippen LogP contribution in [-0.2, 0) is 6.54 Å². The zero-order chi connectivity index (χ0) is 25.1. The van der Waals surface area contributed by atoms with E-state index in [0.717, 1.165) is 27.9 Å². The van der Waals surface area contributed by atoms with Gasteiger partial charge in [-0.25, -0.2) is 4.98 Å². The van der Waals surface area contributed by atoms with Crippen LogP contribution in [0.4, 0.5) is 0 Å². The van der Waals surface area contributed by atoms with E-state index in [0.29, 0.717) is 17.2 Å². The summed E-state index contributed by atoms with van der Waals surface area (Å²) in [6.45, 7) is 0.280. The van der Waals surface area contributed by atoms with E-state index < -0.39 is 0 Å². The summed E-state index contributed by atoms with van der Waals surface area (Å²) in [5.41, 5.74) is 5.06. The predicted molar refractivity (Wildman–Crippen MR) is 138 cm³/mol. The van der Waals surface area contributed by atoms with Crippen molar-refractivity contribution >= 4 is 23.1 Å². The van der Waals surface area contributed by atoms with Gasteiger partial charge in [0.1, 0.15) is 5.75 Å². The number of rotatable bonds is 6. The lowest BCUT2D eigenvalue weighted by Crippen LogP contribution is -2.22. The topological polar surface area (TPSA) is 112 Å². The van der Waals surface area contributed by atoms with Gasteiger partial charge in [-0.3, -0.25) is 14.4 Å². The number of carbonyl (C=O) groups is 2. The van der Waals surface area contributed by atoms with Crippen molar-refractivity contribution in [1.29, 1.82) is 0 Å². The maximum atomic E-state index is 12.5. The monoisotopic (exact) mass is 475 g/mol. The summed E-state index contributed by atoms with van der Waals surface area (Å²) in [5.74, 6) is -0.520. The third-order valence-electron chi connectivity index (χ3n) is 5.93. The first-order chi connectivity index (χ1) is 17.5. The lowest BCUT2D eigenvalue weighted by Gasteiger charge is -2.12. The number of hydrogen-bond donors (Lipinski definition) is 3. The van der Waals surface area contributed by atoms with Crippen LogP contribution in [0.3, 0.4) is 0 Å². The zero-order valence-electron chi connectivity index (χ0n) is 19.1. The second-order valence-corrected chi connectivity index (χ2v) is 8.26. The number of nitrogens with one attached hydrogen (secondary N) is 2. The maximum absolute atomic E-state index is 12.5. The number of H-pyrrole nitrogens is 1. The quantitative estimate of drug-likeness (QED) is 0.308. The van der Waals surface area contributed by atoms with Crippen molar-refractivity contribution in [3.8, 4) is 28.1 Å². The molecule has 0 saturated carbocycles. The maximum Gasteiger partial charge on any atom is 0.257 e. The Balaban J connectivity index is 1.43. The van der Waals surface area contributed by atoms with Crippen molar-refractivity contribution in [1.82, 2.24) is 15.3 Å².